The third-order valence-electron chi connectivity index (χ3n) is 2.86. The summed E-state index contributed by atoms with van der Waals surface area (Å²) in [6, 6.07) is 10.2. The molecule has 0 amide bonds. The largest absolute Gasteiger partial charge is 0.490 e. The second-order valence-electron chi connectivity index (χ2n) is 4.37. The Labute approximate surface area is 137 Å². The van der Waals surface area contributed by atoms with E-state index < -0.39 is 0 Å². The lowest BCUT2D eigenvalue weighted by Crippen LogP contribution is -2.01. The fourth-order valence-electron chi connectivity index (χ4n) is 1.82. The monoisotopic (exact) mass is 372 g/mol. The summed E-state index contributed by atoms with van der Waals surface area (Å²) in [6.07, 6.45) is 0. The molecule has 0 aromatic heterocycles. The molecule has 2 aromatic carbocycles. The van der Waals surface area contributed by atoms with Gasteiger partial charge in [0.05, 0.1) is 6.61 Å². The molecule has 0 atom stereocenters. The lowest BCUT2D eigenvalue weighted by molar-refractivity contribution is 0.265. The lowest BCUT2D eigenvalue weighted by atomic mass is 10.2. The van der Waals surface area contributed by atoms with Gasteiger partial charge in [0, 0.05) is 15.9 Å². The minimum absolute atomic E-state index is 0.122. The summed E-state index contributed by atoms with van der Waals surface area (Å²) < 4.78 is 24.9. The maximum atomic E-state index is 13.7. The van der Waals surface area contributed by atoms with Crippen LogP contribution >= 0.6 is 27.5 Å². The van der Waals surface area contributed by atoms with Gasteiger partial charge in [0.2, 0.25) is 0 Å². The molecule has 5 heteroatoms. The molecule has 0 spiro atoms. The summed E-state index contributed by atoms with van der Waals surface area (Å²) in [7, 11) is 0. The molecule has 112 valence electrons. The summed E-state index contributed by atoms with van der Waals surface area (Å²) in [5, 5.41) is 1.10. The molecular formula is C16H15BrClFO2. The molecule has 0 aliphatic rings. The maximum absolute atomic E-state index is 13.7. The average molecular weight is 374 g/mol. The van der Waals surface area contributed by atoms with Crippen LogP contribution in [-0.4, -0.2) is 6.61 Å². The van der Waals surface area contributed by atoms with Crippen LogP contribution in [-0.2, 0) is 11.9 Å². The number of halogens is 3. The van der Waals surface area contributed by atoms with Gasteiger partial charge in [0.25, 0.3) is 0 Å². The SMILES string of the molecule is CCOc1cc(CBr)ccc1OCc1ccc(Cl)cc1F. The zero-order valence-electron chi connectivity index (χ0n) is 11.5. The summed E-state index contributed by atoms with van der Waals surface area (Å²) in [5.74, 6) is 0.872. The van der Waals surface area contributed by atoms with E-state index in [-0.39, 0.29) is 12.4 Å². The highest BCUT2D eigenvalue weighted by Crippen LogP contribution is 2.30. The maximum Gasteiger partial charge on any atom is 0.161 e. The molecule has 0 saturated heterocycles. The molecule has 21 heavy (non-hydrogen) atoms. The Hall–Kier alpha value is -1.26. The number of benzene rings is 2. The summed E-state index contributed by atoms with van der Waals surface area (Å²) >= 11 is 9.13. The van der Waals surface area contributed by atoms with E-state index in [0.29, 0.717) is 28.7 Å². The minimum atomic E-state index is -0.377. The van der Waals surface area contributed by atoms with Crippen LogP contribution in [0.3, 0.4) is 0 Å². The Balaban J connectivity index is 2.15. The highest BCUT2D eigenvalue weighted by atomic mass is 79.9. The molecule has 0 radical (unpaired) electrons. The number of ether oxygens (including phenoxy) is 2. The fraction of sp³-hybridized carbons (Fsp3) is 0.250. The van der Waals surface area contributed by atoms with Gasteiger partial charge in [-0.1, -0.05) is 39.7 Å². The van der Waals surface area contributed by atoms with Crippen molar-refractivity contribution >= 4 is 27.5 Å². The van der Waals surface area contributed by atoms with E-state index in [9.17, 15) is 4.39 Å². The number of alkyl halides is 1. The van der Waals surface area contributed by atoms with Gasteiger partial charge >= 0.3 is 0 Å². The second kappa shape index (κ2) is 7.66. The van der Waals surface area contributed by atoms with Gasteiger partial charge in [-0.15, -0.1) is 0 Å². The van der Waals surface area contributed by atoms with Gasteiger partial charge in [0.15, 0.2) is 11.5 Å². The van der Waals surface area contributed by atoms with Crippen molar-refractivity contribution in [3.05, 3.63) is 58.4 Å². The van der Waals surface area contributed by atoms with Crippen LogP contribution in [0.2, 0.25) is 5.02 Å². The molecule has 0 unspecified atom stereocenters. The van der Waals surface area contributed by atoms with Gasteiger partial charge in [-0.2, -0.15) is 0 Å². The van der Waals surface area contributed by atoms with Crippen molar-refractivity contribution in [2.45, 2.75) is 18.9 Å². The van der Waals surface area contributed by atoms with Gasteiger partial charge in [-0.25, -0.2) is 4.39 Å². The predicted molar refractivity (Wildman–Crippen MR) is 86.0 cm³/mol. The summed E-state index contributed by atoms with van der Waals surface area (Å²) in [5.41, 5.74) is 1.54. The molecule has 0 N–H and O–H groups in total. The predicted octanol–water partition coefficient (Wildman–Crippen LogP) is 5.35. The normalized spacial score (nSPS) is 10.5. The third-order valence-corrected chi connectivity index (χ3v) is 3.74. The standard InChI is InChI=1S/C16H15BrClFO2/c1-2-20-16-7-11(9-17)3-6-15(16)21-10-12-4-5-13(18)8-14(12)19/h3-8H,2,9-10H2,1H3. The Morgan fingerprint density at radius 2 is 1.90 bits per heavy atom. The van der Waals surface area contributed by atoms with Gasteiger partial charge < -0.3 is 9.47 Å². The zero-order valence-corrected chi connectivity index (χ0v) is 13.9. The Morgan fingerprint density at radius 1 is 1.10 bits per heavy atom. The number of hydrogen-bond acceptors (Lipinski definition) is 2. The number of hydrogen-bond donors (Lipinski definition) is 0. The van der Waals surface area contributed by atoms with E-state index in [2.05, 4.69) is 15.9 Å². The van der Waals surface area contributed by atoms with E-state index in [1.807, 2.05) is 25.1 Å². The highest BCUT2D eigenvalue weighted by molar-refractivity contribution is 9.08. The first-order valence-electron chi connectivity index (χ1n) is 6.52. The highest BCUT2D eigenvalue weighted by Gasteiger charge is 2.09. The third kappa shape index (κ3) is 4.35. The number of rotatable bonds is 6. The first kappa shape index (κ1) is 16.1. The van der Waals surface area contributed by atoms with Crippen LogP contribution in [0.1, 0.15) is 18.1 Å². The topological polar surface area (TPSA) is 18.5 Å². The van der Waals surface area contributed by atoms with Crippen LogP contribution in [0.15, 0.2) is 36.4 Å². The van der Waals surface area contributed by atoms with Gasteiger partial charge in [-0.05, 0) is 36.8 Å². The van der Waals surface area contributed by atoms with Crippen LogP contribution in [0.25, 0.3) is 0 Å². The minimum Gasteiger partial charge on any atom is -0.490 e. The second-order valence-corrected chi connectivity index (χ2v) is 5.37. The molecule has 2 aromatic rings. The molecule has 0 saturated carbocycles. The van der Waals surface area contributed by atoms with Crippen LogP contribution < -0.4 is 9.47 Å². The molecule has 0 aliphatic heterocycles. The van der Waals surface area contributed by atoms with E-state index in [0.717, 1.165) is 10.9 Å². The molecule has 2 nitrogen and oxygen atoms in total. The summed E-state index contributed by atoms with van der Waals surface area (Å²) in [4.78, 5) is 0. The first-order valence-corrected chi connectivity index (χ1v) is 8.02. The van der Waals surface area contributed by atoms with Crippen molar-refractivity contribution in [3.8, 4) is 11.5 Å². The van der Waals surface area contributed by atoms with E-state index in [1.165, 1.54) is 6.07 Å². The van der Waals surface area contributed by atoms with E-state index in [4.69, 9.17) is 21.1 Å². The van der Waals surface area contributed by atoms with Crippen molar-refractivity contribution in [1.29, 1.82) is 0 Å². The van der Waals surface area contributed by atoms with Gasteiger partial charge in [-0.3, -0.25) is 0 Å². The Kier molecular flexibility index (Phi) is 5.88. The van der Waals surface area contributed by atoms with Gasteiger partial charge in [0.1, 0.15) is 12.4 Å². The van der Waals surface area contributed by atoms with E-state index >= 15 is 0 Å². The van der Waals surface area contributed by atoms with Crippen LogP contribution in [0.4, 0.5) is 4.39 Å². The Bertz CT molecular complexity index is 619. The average Bonchev–Trinajstić information content (AvgIpc) is 2.47. The van der Waals surface area contributed by atoms with Crippen LogP contribution in [0.5, 0.6) is 11.5 Å². The molecule has 0 aliphatic carbocycles. The zero-order chi connectivity index (χ0) is 15.2. The summed E-state index contributed by atoms with van der Waals surface area (Å²) in [6.45, 7) is 2.57. The molecule has 0 fully saturated rings. The van der Waals surface area contributed by atoms with E-state index in [1.54, 1.807) is 12.1 Å². The van der Waals surface area contributed by atoms with Crippen molar-refractivity contribution in [2.75, 3.05) is 6.61 Å². The van der Waals surface area contributed by atoms with Crippen molar-refractivity contribution < 1.29 is 13.9 Å². The molecule has 2 rings (SSSR count). The molecule has 0 heterocycles. The van der Waals surface area contributed by atoms with Crippen molar-refractivity contribution in [3.63, 3.8) is 0 Å². The molecular weight excluding hydrogens is 359 g/mol. The lowest BCUT2D eigenvalue weighted by Gasteiger charge is -2.13. The first-order chi connectivity index (χ1) is 10.1. The quantitative estimate of drug-likeness (QED) is 0.635. The van der Waals surface area contributed by atoms with Crippen molar-refractivity contribution in [2.24, 2.45) is 0 Å². The Morgan fingerprint density at radius 3 is 2.57 bits per heavy atom. The van der Waals surface area contributed by atoms with Crippen molar-refractivity contribution in [1.82, 2.24) is 0 Å². The fourth-order valence-corrected chi connectivity index (χ4v) is 2.32. The van der Waals surface area contributed by atoms with Crippen LogP contribution in [0, 0.1) is 5.82 Å². The smallest absolute Gasteiger partial charge is 0.161 e. The molecule has 0 bridgehead atoms.